The van der Waals surface area contributed by atoms with Crippen LogP contribution in [0.25, 0.3) is 0 Å². The van der Waals surface area contributed by atoms with E-state index in [1.54, 1.807) is 0 Å². The van der Waals surface area contributed by atoms with Gasteiger partial charge in [-0.15, -0.1) is 0 Å². The predicted octanol–water partition coefficient (Wildman–Crippen LogP) is 2.95. The number of nitrogens with one attached hydrogen (secondary N) is 3. The molecule has 6 heteroatoms. The van der Waals surface area contributed by atoms with Crippen LogP contribution in [0.15, 0.2) is 53.5 Å². The molecule has 0 aromatic heterocycles. The number of amides is 1. The number of hydrogen-bond acceptors (Lipinski definition) is 3. The van der Waals surface area contributed by atoms with E-state index in [9.17, 15) is 4.79 Å². The van der Waals surface area contributed by atoms with Crippen LogP contribution in [0.3, 0.4) is 0 Å². The van der Waals surface area contributed by atoms with E-state index in [1.807, 2.05) is 24.3 Å². The molecule has 0 aliphatic heterocycles. The van der Waals surface area contributed by atoms with Crippen molar-refractivity contribution in [3.05, 3.63) is 65.2 Å². The third kappa shape index (κ3) is 7.78. The van der Waals surface area contributed by atoms with Crippen molar-refractivity contribution in [1.82, 2.24) is 16.0 Å². The van der Waals surface area contributed by atoms with E-state index >= 15 is 0 Å². The fraction of sp³-hybridized carbons (Fsp3) is 0.417. The van der Waals surface area contributed by atoms with Crippen LogP contribution in [0.4, 0.5) is 0 Å². The number of nitrogens with zero attached hydrogens (tertiary/aromatic N) is 1. The highest BCUT2D eigenvalue weighted by atomic mass is 16.5. The Morgan fingerprint density at radius 1 is 1.10 bits per heavy atom. The van der Waals surface area contributed by atoms with E-state index in [-0.39, 0.29) is 12.5 Å². The van der Waals surface area contributed by atoms with Crippen LogP contribution in [-0.4, -0.2) is 37.6 Å². The van der Waals surface area contributed by atoms with Gasteiger partial charge in [0, 0.05) is 19.1 Å². The van der Waals surface area contributed by atoms with E-state index in [4.69, 9.17) is 4.74 Å². The molecule has 1 aliphatic rings. The highest BCUT2D eigenvalue weighted by Crippen LogP contribution is 2.18. The fourth-order valence-corrected chi connectivity index (χ4v) is 3.05. The smallest absolute Gasteiger partial charge is 0.258 e. The Hall–Kier alpha value is -3.02. The first-order chi connectivity index (χ1) is 14.6. The zero-order chi connectivity index (χ0) is 21.2. The molecule has 3 N–H and O–H groups in total. The summed E-state index contributed by atoms with van der Waals surface area (Å²) in [7, 11) is 0. The number of aliphatic imine (C=N–C) groups is 1. The molecular weight excluding hydrogens is 376 g/mol. The maximum Gasteiger partial charge on any atom is 0.258 e. The third-order valence-electron chi connectivity index (χ3n) is 4.79. The van der Waals surface area contributed by atoms with E-state index in [0.29, 0.717) is 18.3 Å². The van der Waals surface area contributed by atoms with Crippen LogP contribution in [0.2, 0.25) is 0 Å². The van der Waals surface area contributed by atoms with Gasteiger partial charge in [0.2, 0.25) is 0 Å². The van der Waals surface area contributed by atoms with Crippen molar-refractivity contribution < 1.29 is 9.53 Å². The summed E-state index contributed by atoms with van der Waals surface area (Å²) >= 11 is 0. The normalized spacial score (nSPS) is 13.6. The van der Waals surface area contributed by atoms with Crippen molar-refractivity contribution in [2.45, 2.75) is 45.7 Å². The van der Waals surface area contributed by atoms with Crippen LogP contribution >= 0.6 is 0 Å². The third-order valence-corrected chi connectivity index (χ3v) is 4.79. The second kappa shape index (κ2) is 11.2. The van der Waals surface area contributed by atoms with Gasteiger partial charge in [-0.25, -0.2) is 4.99 Å². The SMILES string of the molecule is CCNC(=NCc1cccc(C)c1)NCCc1ccc(OCC(=O)NC2CC2)cc1. The molecule has 1 saturated carbocycles. The quantitative estimate of drug-likeness (QED) is 0.417. The van der Waals surface area contributed by atoms with Crippen molar-refractivity contribution >= 4 is 11.9 Å². The minimum Gasteiger partial charge on any atom is -0.484 e. The lowest BCUT2D eigenvalue weighted by atomic mass is 10.1. The van der Waals surface area contributed by atoms with Crippen molar-refractivity contribution in [2.24, 2.45) is 4.99 Å². The molecule has 2 aromatic carbocycles. The standard InChI is InChI=1S/C24H32N4O2/c1-3-25-24(27-16-20-6-4-5-18(2)15-20)26-14-13-19-7-11-22(12-8-19)30-17-23(29)28-21-9-10-21/h4-8,11-12,15,21H,3,9-10,13-14,16-17H2,1-2H3,(H,28,29)(H2,25,26,27). The monoisotopic (exact) mass is 408 g/mol. The molecule has 1 fully saturated rings. The maximum atomic E-state index is 11.7. The van der Waals surface area contributed by atoms with E-state index in [1.165, 1.54) is 16.7 Å². The zero-order valence-corrected chi connectivity index (χ0v) is 17.9. The summed E-state index contributed by atoms with van der Waals surface area (Å²) in [4.78, 5) is 16.4. The second-order valence-electron chi connectivity index (χ2n) is 7.64. The van der Waals surface area contributed by atoms with Gasteiger partial charge >= 0.3 is 0 Å². The van der Waals surface area contributed by atoms with Crippen LogP contribution in [0.1, 0.15) is 36.5 Å². The van der Waals surface area contributed by atoms with Gasteiger partial charge in [0.15, 0.2) is 12.6 Å². The lowest BCUT2D eigenvalue weighted by Gasteiger charge is -2.12. The number of carbonyl (C=O) groups is 1. The van der Waals surface area contributed by atoms with Crippen molar-refractivity contribution in [1.29, 1.82) is 0 Å². The van der Waals surface area contributed by atoms with E-state index < -0.39 is 0 Å². The highest BCUT2D eigenvalue weighted by Gasteiger charge is 2.23. The minimum absolute atomic E-state index is 0.0494. The molecule has 0 radical (unpaired) electrons. The van der Waals surface area contributed by atoms with Crippen molar-refractivity contribution in [3.8, 4) is 5.75 Å². The molecule has 30 heavy (non-hydrogen) atoms. The molecule has 0 heterocycles. The molecule has 0 bridgehead atoms. The summed E-state index contributed by atoms with van der Waals surface area (Å²) in [6.45, 7) is 6.48. The largest absolute Gasteiger partial charge is 0.484 e. The Morgan fingerprint density at radius 2 is 1.90 bits per heavy atom. The molecule has 1 amide bonds. The Kier molecular flexibility index (Phi) is 8.12. The lowest BCUT2D eigenvalue weighted by molar-refractivity contribution is -0.123. The zero-order valence-electron chi connectivity index (χ0n) is 17.9. The second-order valence-corrected chi connectivity index (χ2v) is 7.64. The Balaban J connectivity index is 1.41. The number of aryl methyl sites for hydroxylation is 1. The number of rotatable bonds is 10. The fourth-order valence-electron chi connectivity index (χ4n) is 3.05. The molecular formula is C24H32N4O2. The summed E-state index contributed by atoms with van der Waals surface area (Å²) in [6, 6.07) is 16.7. The molecule has 3 rings (SSSR count). The molecule has 2 aromatic rings. The molecule has 0 unspecified atom stereocenters. The summed E-state index contributed by atoms with van der Waals surface area (Å²) in [6.07, 6.45) is 3.04. The Morgan fingerprint density at radius 3 is 2.60 bits per heavy atom. The minimum atomic E-state index is -0.0494. The van der Waals surface area contributed by atoms with Crippen LogP contribution in [-0.2, 0) is 17.8 Å². The average molecular weight is 409 g/mol. The van der Waals surface area contributed by atoms with Gasteiger partial charge < -0.3 is 20.7 Å². The topological polar surface area (TPSA) is 74.8 Å². The summed E-state index contributed by atoms with van der Waals surface area (Å²) in [5, 5.41) is 9.59. The number of ether oxygens (including phenoxy) is 1. The van der Waals surface area contributed by atoms with Gasteiger partial charge in [-0.05, 0) is 56.4 Å². The van der Waals surface area contributed by atoms with Crippen LogP contribution < -0.4 is 20.7 Å². The van der Waals surface area contributed by atoms with Gasteiger partial charge in [-0.2, -0.15) is 0 Å². The highest BCUT2D eigenvalue weighted by molar-refractivity contribution is 5.79. The van der Waals surface area contributed by atoms with Gasteiger partial charge in [-0.1, -0.05) is 42.0 Å². The number of hydrogen-bond donors (Lipinski definition) is 3. The Labute approximate surface area is 179 Å². The maximum absolute atomic E-state index is 11.7. The van der Waals surface area contributed by atoms with Gasteiger partial charge in [-0.3, -0.25) is 4.79 Å². The first-order valence-corrected chi connectivity index (χ1v) is 10.7. The molecule has 0 saturated heterocycles. The predicted molar refractivity (Wildman–Crippen MR) is 121 cm³/mol. The van der Waals surface area contributed by atoms with Crippen LogP contribution in [0.5, 0.6) is 5.75 Å². The van der Waals surface area contributed by atoms with Crippen LogP contribution in [0, 0.1) is 6.92 Å². The summed E-state index contributed by atoms with van der Waals surface area (Å²) < 4.78 is 5.55. The Bertz CT molecular complexity index is 845. The summed E-state index contributed by atoms with van der Waals surface area (Å²) in [5.41, 5.74) is 3.65. The molecule has 0 spiro atoms. The first kappa shape index (κ1) is 21.7. The number of guanidine groups is 1. The number of carbonyl (C=O) groups excluding carboxylic acids is 1. The molecule has 0 atom stereocenters. The molecule has 6 nitrogen and oxygen atoms in total. The average Bonchev–Trinajstić information content (AvgIpc) is 3.55. The summed E-state index contributed by atoms with van der Waals surface area (Å²) in [5.74, 6) is 1.48. The lowest BCUT2D eigenvalue weighted by Crippen LogP contribution is -2.38. The van der Waals surface area contributed by atoms with Crippen molar-refractivity contribution in [3.63, 3.8) is 0 Å². The van der Waals surface area contributed by atoms with E-state index in [0.717, 1.165) is 38.3 Å². The molecule has 160 valence electrons. The number of benzene rings is 2. The van der Waals surface area contributed by atoms with Gasteiger partial charge in [0.05, 0.1) is 6.54 Å². The first-order valence-electron chi connectivity index (χ1n) is 10.7. The van der Waals surface area contributed by atoms with E-state index in [2.05, 4.69) is 59.1 Å². The van der Waals surface area contributed by atoms with Crippen molar-refractivity contribution in [2.75, 3.05) is 19.7 Å². The molecule has 1 aliphatic carbocycles. The van der Waals surface area contributed by atoms with Gasteiger partial charge in [0.25, 0.3) is 5.91 Å². The van der Waals surface area contributed by atoms with Gasteiger partial charge in [0.1, 0.15) is 5.75 Å².